The second-order valence-corrected chi connectivity index (χ2v) is 6.58. The molecule has 156 valence electrons. The van der Waals surface area contributed by atoms with Gasteiger partial charge in [0.25, 0.3) is 11.5 Å². The number of aliphatic hydroxyl groups is 2. The van der Waals surface area contributed by atoms with Crippen molar-refractivity contribution >= 4 is 11.4 Å². The van der Waals surface area contributed by atoms with Gasteiger partial charge in [-0.1, -0.05) is 48.5 Å². The molecule has 0 aliphatic heterocycles. The van der Waals surface area contributed by atoms with Crippen LogP contribution in [0.4, 0.5) is 24.5 Å². The lowest BCUT2D eigenvalue weighted by atomic mass is 9.98. The second kappa shape index (κ2) is 8.13. The number of nitro groups is 1. The fraction of sp³-hybridized carbons (Fsp3) is 0.143. The van der Waals surface area contributed by atoms with Gasteiger partial charge in [-0.25, -0.2) is 0 Å². The zero-order chi connectivity index (χ0) is 21.9. The molecule has 0 saturated carbocycles. The minimum Gasteiger partial charge on any atom is -0.375 e. The number of nitro benzene ring substituents is 1. The molecule has 0 aliphatic carbocycles. The van der Waals surface area contributed by atoms with Gasteiger partial charge < -0.3 is 15.5 Å². The largest absolute Gasteiger partial charge is 0.447 e. The van der Waals surface area contributed by atoms with Gasteiger partial charge in [-0.3, -0.25) is 10.1 Å². The Morgan fingerprint density at radius 2 is 1.57 bits per heavy atom. The van der Waals surface area contributed by atoms with Crippen molar-refractivity contribution < 1.29 is 28.3 Å². The topological polar surface area (TPSA) is 95.6 Å². The number of alkyl halides is 3. The Kier molecular flexibility index (Phi) is 5.77. The van der Waals surface area contributed by atoms with Crippen LogP contribution in [0, 0.1) is 10.1 Å². The lowest BCUT2D eigenvalue weighted by molar-refractivity contribution is -0.384. The van der Waals surface area contributed by atoms with Crippen molar-refractivity contribution in [3.8, 4) is 11.1 Å². The molecule has 0 fully saturated rings. The first kappa shape index (κ1) is 21.3. The average Bonchev–Trinajstić information content (AvgIpc) is 2.72. The number of benzene rings is 3. The highest BCUT2D eigenvalue weighted by atomic mass is 19.4. The summed E-state index contributed by atoms with van der Waals surface area (Å²) in [6, 6.07) is 17.9. The molecular formula is C21H17F3N2O4. The normalized spacial score (nSPS) is 11.9. The number of rotatable bonds is 6. The molecule has 3 aromatic carbocycles. The quantitative estimate of drug-likeness (QED) is 0.310. The summed E-state index contributed by atoms with van der Waals surface area (Å²) in [4.78, 5) is 10.8. The maximum Gasteiger partial charge on any atom is 0.447 e. The molecule has 3 rings (SSSR count). The van der Waals surface area contributed by atoms with Crippen molar-refractivity contribution in [1.82, 2.24) is 0 Å². The number of hydrogen-bond acceptors (Lipinski definition) is 5. The molecule has 0 heterocycles. The average molecular weight is 418 g/mol. The Morgan fingerprint density at radius 1 is 0.900 bits per heavy atom. The summed E-state index contributed by atoms with van der Waals surface area (Å²) in [5.41, 5.74) is 0.721. The van der Waals surface area contributed by atoms with E-state index in [4.69, 9.17) is 0 Å². The number of nitrogens with zero attached hydrogens (tertiary/aromatic N) is 1. The van der Waals surface area contributed by atoms with Crippen LogP contribution in [0.5, 0.6) is 0 Å². The van der Waals surface area contributed by atoms with Crippen LogP contribution >= 0.6 is 0 Å². The maximum absolute atomic E-state index is 12.9. The van der Waals surface area contributed by atoms with E-state index in [0.717, 1.165) is 17.7 Å². The molecule has 30 heavy (non-hydrogen) atoms. The first-order valence-corrected chi connectivity index (χ1v) is 8.78. The molecular weight excluding hydrogens is 401 g/mol. The van der Waals surface area contributed by atoms with Gasteiger partial charge in [0.05, 0.1) is 4.92 Å². The first-order valence-electron chi connectivity index (χ1n) is 8.78. The molecule has 0 amide bonds. The maximum atomic E-state index is 12.9. The van der Waals surface area contributed by atoms with Crippen molar-refractivity contribution in [2.24, 2.45) is 0 Å². The number of hydrogen-bond donors (Lipinski definition) is 3. The van der Waals surface area contributed by atoms with E-state index < -0.39 is 22.5 Å². The lowest BCUT2D eigenvalue weighted by Gasteiger charge is -2.25. The third-order valence-corrected chi connectivity index (χ3v) is 4.51. The third kappa shape index (κ3) is 4.42. The summed E-state index contributed by atoms with van der Waals surface area (Å²) >= 11 is 0. The van der Waals surface area contributed by atoms with Crippen LogP contribution in [0.15, 0.2) is 72.8 Å². The van der Waals surface area contributed by atoms with Crippen LogP contribution in [0.25, 0.3) is 11.1 Å². The Hall–Kier alpha value is -3.43. The van der Waals surface area contributed by atoms with Crippen molar-refractivity contribution in [3.63, 3.8) is 0 Å². The van der Waals surface area contributed by atoms with Gasteiger partial charge in [0.1, 0.15) is 5.69 Å². The summed E-state index contributed by atoms with van der Waals surface area (Å²) in [5, 5.41) is 33.3. The van der Waals surface area contributed by atoms with Crippen molar-refractivity contribution in [3.05, 3.63) is 94.0 Å². The van der Waals surface area contributed by atoms with Gasteiger partial charge >= 0.3 is 6.18 Å². The summed E-state index contributed by atoms with van der Waals surface area (Å²) in [5.74, 6) is -4.02. The molecule has 3 aromatic rings. The zero-order valence-corrected chi connectivity index (χ0v) is 15.4. The SMILES string of the molecule is O=[N+]([O-])c1ccc(-c2cccc(C(O)(O)C(F)(F)F)c2)cc1NCc1ccccc1. The fourth-order valence-corrected chi connectivity index (χ4v) is 2.89. The minimum atomic E-state index is -5.29. The molecule has 0 unspecified atom stereocenters. The predicted octanol–water partition coefficient (Wildman–Crippen LogP) is 4.57. The van der Waals surface area contributed by atoms with Crippen molar-refractivity contribution in [2.45, 2.75) is 18.5 Å². The van der Waals surface area contributed by atoms with E-state index in [1.54, 1.807) is 0 Å². The molecule has 6 nitrogen and oxygen atoms in total. The summed E-state index contributed by atoms with van der Waals surface area (Å²) in [7, 11) is 0. The van der Waals surface area contributed by atoms with Crippen molar-refractivity contribution in [1.29, 1.82) is 0 Å². The van der Waals surface area contributed by atoms with E-state index in [-0.39, 0.29) is 16.9 Å². The van der Waals surface area contributed by atoms with Gasteiger partial charge in [0, 0.05) is 18.2 Å². The lowest BCUT2D eigenvalue weighted by Crippen LogP contribution is -2.42. The molecule has 0 spiro atoms. The van der Waals surface area contributed by atoms with Crippen LogP contribution in [0.1, 0.15) is 11.1 Å². The Balaban J connectivity index is 1.97. The molecule has 0 aliphatic rings. The van der Waals surface area contributed by atoms with E-state index >= 15 is 0 Å². The molecule has 0 radical (unpaired) electrons. The van der Waals surface area contributed by atoms with Gasteiger partial charge in [-0.2, -0.15) is 13.2 Å². The molecule has 3 N–H and O–H groups in total. The van der Waals surface area contributed by atoms with Crippen molar-refractivity contribution in [2.75, 3.05) is 5.32 Å². The second-order valence-electron chi connectivity index (χ2n) is 6.58. The molecule has 0 aromatic heterocycles. The summed E-state index contributed by atoms with van der Waals surface area (Å²) in [6.07, 6.45) is -5.29. The Morgan fingerprint density at radius 3 is 2.20 bits per heavy atom. The van der Waals surface area contributed by atoms with E-state index in [0.29, 0.717) is 12.1 Å². The number of anilines is 1. The monoisotopic (exact) mass is 418 g/mol. The Labute approximate surface area is 169 Å². The standard InChI is InChI=1S/C21H17F3N2O4/c22-21(23,24)20(27,28)17-8-4-7-15(11-17)16-9-10-19(26(29)30)18(12-16)25-13-14-5-2-1-3-6-14/h1-12,25,27-28H,13H2. The third-order valence-electron chi connectivity index (χ3n) is 4.51. The Bertz CT molecular complexity index is 1050. The van der Waals surface area contributed by atoms with E-state index in [1.165, 1.54) is 30.3 Å². The van der Waals surface area contributed by atoms with Crippen LogP contribution in [-0.4, -0.2) is 21.3 Å². The molecule has 0 bridgehead atoms. The van der Waals surface area contributed by atoms with Gasteiger partial charge in [0.2, 0.25) is 0 Å². The van der Waals surface area contributed by atoms with Crippen LogP contribution < -0.4 is 5.32 Å². The molecule has 0 saturated heterocycles. The van der Waals surface area contributed by atoms with E-state index in [9.17, 15) is 33.5 Å². The first-order chi connectivity index (χ1) is 14.1. The highest BCUT2D eigenvalue weighted by molar-refractivity contribution is 5.74. The number of halogens is 3. The highest BCUT2D eigenvalue weighted by Gasteiger charge is 2.54. The number of nitrogens with one attached hydrogen (secondary N) is 1. The zero-order valence-electron chi connectivity index (χ0n) is 15.4. The van der Waals surface area contributed by atoms with Crippen LogP contribution in [0.2, 0.25) is 0 Å². The highest BCUT2D eigenvalue weighted by Crippen LogP contribution is 2.38. The van der Waals surface area contributed by atoms with Crippen LogP contribution in [0.3, 0.4) is 0 Å². The van der Waals surface area contributed by atoms with Gasteiger partial charge in [0.15, 0.2) is 0 Å². The van der Waals surface area contributed by atoms with E-state index in [1.807, 2.05) is 30.3 Å². The fourth-order valence-electron chi connectivity index (χ4n) is 2.89. The summed E-state index contributed by atoms with van der Waals surface area (Å²) in [6.45, 7) is 0.301. The van der Waals surface area contributed by atoms with Gasteiger partial charge in [-0.05, 0) is 34.9 Å². The smallest absolute Gasteiger partial charge is 0.375 e. The van der Waals surface area contributed by atoms with E-state index in [2.05, 4.69) is 5.32 Å². The van der Waals surface area contributed by atoms with Gasteiger partial charge in [-0.15, -0.1) is 0 Å². The molecule has 0 atom stereocenters. The van der Waals surface area contributed by atoms with Crippen LogP contribution in [-0.2, 0) is 12.3 Å². The molecule has 9 heteroatoms. The predicted molar refractivity (Wildman–Crippen MR) is 104 cm³/mol. The minimum absolute atomic E-state index is 0.182. The summed E-state index contributed by atoms with van der Waals surface area (Å²) < 4.78 is 38.8.